The number of nitrogens with one attached hydrogen (secondary N) is 1. The van der Waals surface area contributed by atoms with Crippen LogP contribution < -0.4 is 5.32 Å². The number of nitrogens with zero attached hydrogens (tertiary/aromatic N) is 2. The highest BCUT2D eigenvalue weighted by atomic mass is 32.2. The van der Waals surface area contributed by atoms with Crippen molar-refractivity contribution in [3.8, 4) is 0 Å². The maximum absolute atomic E-state index is 5.36. The van der Waals surface area contributed by atoms with Gasteiger partial charge in [-0.05, 0) is 37.0 Å². The van der Waals surface area contributed by atoms with Gasteiger partial charge in [0.25, 0.3) is 0 Å². The zero-order valence-corrected chi connectivity index (χ0v) is 13.0. The lowest BCUT2D eigenvalue weighted by atomic mass is 10.1. The zero-order chi connectivity index (χ0) is 13.7. The second-order valence-corrected chi connectivity index (χ2v) is 6.75. The average Bonchev–Trinajstić information content (AvgIpc) is 3.11. The number of hydrogen-bond acceptors (Lipinski definition) is 5. The molecule has 0 amide bonds. The highest BCUT2D eigenvalue weighted by Gasteiger charge is 2.31. The van der Waals surface area contributed by atoms with Gasteiger partial charge in [0.1, 0.15) is 0 Å². The third kappa shape index (κ3) is 5.15. The summed E-state index contributed by atoms with van der Waals surface area (Å²) in [7, 11) is 0. The maximum atomic E-state index is 5.36. The monoisotopic (exact) mass is 283 g/mol. The van der Waals surface area contributed by atoms with E-state index in [0.717, 1.165) is 42.1 Å². The fraction of sp³-hybridized carbons (Fsp3) is 0.857. The minimum Gasteiger partial charge on any atom is -0.339 e. The van der Waals surface area contributed by atoms with Crippen molar-refractivity contribution in [3.05, 3.63) is 11.7 Å². The molecule has 1 aromatic heterocycles. The number of likely N-dealkylation sites (N-methyl/N-ethyl adjacent to an activating group) is 1. The van der Waals surface area contributed by atoms with E-state index in [4.69, 9.17) is 4.52 Å². The fourth-order valence-electron chi connectivity index (χ4n) is 2.17. The largest absolute Gasteiger partial charge is 0.339 e. The third-order valence-electron chi connectivity index (χ3n) is 3.24. The van der Waals surface area contributed by atoms with Crippen LogP contribution >= 0.6 is 11.8 Å². The third-order valence-corrected chi connectivity index (χ3v) is 4.61. The topological polar surface area (TPSA) is 51.0 Å². The molecule has 1 aliphatic carbocycles. The Bertz CT molecular complexity index is 377. The first-order valence-electron chi connectivity index (χ1n) is 7.31. The molecule has 0 saturated heterocycles. The lowest BCUT2D eigenvalue weighted by Crippen LogP contribution is -2.33. The first kappa shape index (κ1) is 14.9. The molecule has 1 fully saturated rings. The Morgan fingerprint density at radius 3 is 2.84 bits per heavy atom. The van der Waals surface area contributed by atoms with Crippen LogP contribution in [0.25, 0.3) is 0 Å². The molecule has 0 aliphatic heterocycles. The normalized spacial score (nSPS) is 17.1. The fourth-order valence-corrected chi connectivity index (χ4v) is 3.06. The molecule has 19 heavy (non-hydrogen) atoms. The van der Waals surface area contributed by atoms with Gasteiger partial charge in [0.15, 0.2) is 5.82 Å². The number of rotatable bonds is 9. The molecule has 1 heterocycles. The van der Waals surface area contributed by atoms with Gasteiger partial charge in [-0.1, -0.05) is 25.9 Å². The van der Waals surface area contributed by atoms with E-state index in [1.165, 1.54) is 12.8 Å². The molecular weight excluding hydrogens is 258 g/mol. The van der Waals surface area contributed by atoms with E-state index in [9.17, 15) is 0 Å². The number of hydrogen-bond donors (Lipinski definition) is 1. The van der Waals surface area contributed by atoms with Crippen LogP contribution in [-0.4, -0.2) is 28.5 Å². The Morgan fingerprint density at radius 2 is 2.21 bits per heavy atom. The van der Waals surface area contributed by atoms with E-state index in [1.807, 2.05) is 11.8 Å². The van der Waals surface area contributed by atoms with Crippen LogP contribution in [0, 0.1) is 11.8 Å². The Kier molecular flexibility index (Phi) is 5.70. The smallest absolute Gasteiger partial charge is 0.228 e. The summed E-state index contributed by atoms with van der Waals surface area (Å²) in [5.41, 5.74) is 0. The van der Waals surface area contributed by atoms with Crippen molar-refractivity contribution in [2.75, 3.05) is 12.3 Å². The van der Waals surface area contributed by atoms with E-state index >= 15 is 0 Å². The van der Waals surface area contributed by atoms with Gasteiger partial charge in [0, 0.05) is 12.5 Å². The molecule has 1 unspecified atom stereocenters. The summed E-state index contributed by atoms with van der Waals surface area (Å²) < 4.78 is 5.36. The molecule has 4 nitrogen and oxygen atoms in total. The lowest BCUT2D eigenvalue weighted by molar-refractivity contribution is 0.345. The number of thioether (sulfide) groups is 1. The Labute approximate surface area is 120 Å². The summed E-state index contributed by atoms with van der Waals surface area (Å²) in [5, 5.41) is 7.60. The van der Waals surface area contributed by atoms with Gasteiger partial charge in [0.05, 0.1) is 5.75 Å². The van der Waals surface area contributed by atoms with Crippen molar-refractivity contribution in [2.45, 2.75) is 51.8 Å². The molecule has 1 saturated carbocycles. The minimum absolute atomic E-state index is 0.515. The van der Waals surface area contributed by atoms with E-state index in [2.05, 4.69) is 36.2 Å². The van der Waals surface area contributed by atoms with Crippen LogP contribution in [0.1, 0.15) is 45.3 Å². The van der Waals surface area contributed by atoms with Gasteiger partial charge in [-0.15, -0.1) is 0 Å². The molecule has 5 heteroatoms. The summed E-state index contributed by atoms with van der Waals surface area (Å²) >= 11 is 1.87. The van der Waals surface area contributed by atoms with Crippen molar-refractivity contribution in [2.24, 2.45) is 11.8 Å². The van der Waals surface area contributed by atoms with Gasteiger partial charge < -0.3 is 9.84 Å². The molecular formula is C14H25N3OS. The van der Waals surface area contributed by atoms with Crippen LogP contribution in [0.5, 0.6) is 0 Å². The number of aromatic nitrogens is 2. The van der Waals surface area contributed by atoms with E-state index in [0.29, 0.717) is 12.0 Å². The summed E-state index contributed by atoms with van der Waals surface area (Å²) in [6.07, 6.45) is 3.55. The molecule has 0 bridgehead atoms. The van der Waals surface area contributed by atoms with Crippen molar-refractivity contribution < 1.29 is 4.52 Å². The predicted octanol–water partition coefficient (Wildman–Crippen LogP) is 2.89. The average molecular weight is 283 g/mol. The van der Waals surface area contributed by atoms with Crippen LogP contribution in [0.15, 0.2) is 4.52 Å². The summed E-state index contributed by atoms with van der Waals surface area (Å²) in [6, 6.07) is 0.515. The van der Waals surface area contributed by atoms with E-state index in [-0.39, 0.29) is 0 Å². The molecule has 0 radical (unpaired) electrons. The molecule has 0 spiro atoms. The Balaban J connectivity index is 1.79. The SMILES string of the molecule is CCNC(Cc1nc(CSCC(C)C)no1)C1CC1. The summed E-state index contributed by atoms with van der Waals surface area (Å²) in [6.45, 7) is 7.61. The van der Waals surface area contributed by atoms with E-state index in [1.54, 1.807) is 0 Å². The molecule has 108 valence electrons. The molecule has 1 atom stereocenters. The van der Waals surface area contributed by atoms with Gasteiger partial charge >= 0.3 is 0 Å². The first-order chi connectivity index (χ1) is 9.19. The van der Waals surface area contributed by atoms with Gasteiger partial charge in [-0.2, -0.15) is 16.7 Å². The van der Waals surface area contributed by atoms with Crippen molar-refractivity contribution >= 4 is 11.8 Å². The quantitative estimate of drug-likeness (QED) is 0.755. The minimum atomic E-state index is 0.515. The second-order valence-electron chi connectivity index (χ2n) is 5.72. The highest BCUT2D eigenvalue weighted by molar-refractivity contribution is 7.98. The molecule has 1 N–H and O–H groups in total. The molecule has 2 rings (SSSR count). The Morgan fingerprint density at radius 1 is 1.42 bits per heavy atom. The summed E-state index contributed by atoms with van der Waals surface area (Å²) in [4.78, 5) is 4.50. The Hall–Kier alpha value is -0.550. The maximum Gasteiger partial charge on any atom is 0.228 e. The molecule has 1 aromatic rings. The van der Waals surface area contributed by atoms with E-state index < -0.39 is 0 Å². The van der Waals surface area contributed by atoms with Gasteiger partial charge in [-0.3, -0.25) is 0 Å². The van der Waals surface area contributed by atoms with Crippen molar-refractivity contribution in [1.29, 1.82) is 0 Å². The first-order valence-corrected chi connectivity index (χ1v) is 8.47. The predicted molar refractivity (Wildman–Crippen MR) is 79.2 cm³/mol. The van der Waals surface area contributed by atoms with Crippen LogP contribution in [0.4, 0.5) is 0 Å². The molecule has 0 aromatic carbocycles. The second kappa shape index (κ2) is 7.29. The zero-order valence-electron chi connectivity index (χ0n) is 12.2. The summed E-state index contributed by atoms with van der Waals surface area (Å²) in [5.74, 6) is 5.16. The van der Waals surface area contributed by atoms with Gasteiger partial charge in [0.2, 0.25) is 5.89 Å². The van der Waals surface area contributed by atoms with Crippen LogP contribution in [0.3, 0.4) is 0 Å². The lowest BCUT2D eigenvalue weighted by Gasteiger charge is -2.14. The van der Waals surface area contributed by atoms with Crippen molar-refractivity contribution in [3.63, 3.8) is 0 Å². The van der Waals surface area contributed by atoms with Crippen LogP contribution in [0.2, 0.25) is 0 Å². The molecule has 1 aliphatic rings. The van der Waals surface area contributed by atoms with Gasteiger partial charge in [-0.25, -0.2) is 0 Å². The van der Waals surface area contributed by atoms with Crippen molar-refractivity contribution in [1.82, 2.24) is 15.5 Å². The highest BCUT2D eigenvalue weighted by Crippen LogP contribution is 2.33. The van der Waals surface area contributed by atoms with Crippen LogP contribution in [-0.2, 0) is 12.2 Å². The standard InChI is InChI=1S/C14H25N3OS/c1-4-15-12(11-5-6-11)7-14-16-13(17-18-14)9-19-8-10(2)3/h10-12,15H,4-9H2,1-3H3.